The first kappa shape index (κ1) is 28.4. The molecule has 4 rings (SSSR count). The number of methoxy groups -OCH3 is 2. The third-order valence-corrected chi connectivity index (χ3v) is 6.47. The molecule has 0 radical (unpaired) electrons. The number of nitrogens with zero attached hydrogens (tertiary/aromatic N) is 4. The molecule has 0 unspecified atom stereocenters. The maximum atomic E-state index is 14.7. The van der Waals surface area contributed by atoms with E-state index in [9.17, 15) is 13.8 Å². The SMILES string of the molecule is COc1cc(Cc2ncc(F)c(Cc3ccc4c(n3)N(COP(=O)(O)O)C(=O)C(C)(C)O4)n2)cc(OC)c1C. The molecule has 0 aliphatic carbocycles. The van der Waals surface area contributed by atoms with Gasteiger partial charge in [-0.05, 0) is 50.6 Å². The lowest BCUT2D eigenvalue weighted by Gasteiger charge is -2.37. The molecule has 3 aromatic rings. The van der Waals surface area contributed by atoms with Crippen LogP contribution in [-0.2, 0) is 26.7 Å². The van der Waals surface area contributed by atoms with Gasteiger partial charge in [-0.15, -0.1) is 0 Å². The maximum Gasteiger partial charge on any atom is 0.471 e. The molecule has 0 saturated carbocycles. The van der Waals surface area contributed by atoms with E-state index in [-0.39, 0.29) is 30.1 Å². The fourth-order valence-electron chi connectivity index (χ4n) is 4.09. The van der Waals surface area contributed by atoms with Crippen molar-refractivity contribution in [2.75, 3.05) is 25.9 Å². The van der Waals surface area contributed by atoms with E-state index in [4.69, 9.17) is 24.0 Å². The molecule has 0 saturated heterocycles. The molecule has 0 bridgehead atoms. The third-order valence-electron chi connectivity index (χ3n) is 6.02. The number of pyridine rings is 1. The molecule has 2 N–H and O–H groups in total. The number of phosphoric ester groups is 1. The van der Waals surface area contributed by atoms with E-state index in [1.807, 2.05) is 19.1 Å². The molecule has 1 aromatic carbocycles. The molecule has 2 aromatic heterocycles. The number of halogens is 1. The minimum absolute atomic E-state index is 0.0150. The van der Waals surface area contributed by atoms with Gasteiger partial charge in [0.25, 0.3) is 5.91 Å². The second kappa shape index (κ2) is 10.9. The smallest absolute Gasteiger partial charge is 0.471 e. The van der Waals surface area contributed by atoms with E-state index in [1.165, 1.54) is 13.8 Å². The van der Waals surface area contributed by atoms with Gasteiger partial charge in [0.05, 0.1) is 26.1 Å². The third kappa shape index (κ3) is 6.34. The molecule has 0 atom stereocenters. The molecule has 1 aliphatic rings. The first-order chi connectivity index (χ1) is 18.3. The van der Waals surface area contributed by atoms with E-state index in [1.54, 1.807) is 26.4 Å². The molecule has 3 heterocycles. The highest BCUT2D eigenvalue weighted by Crippen LogP contribution is 2.40. The Morgan fingerprint density at radius 1 is 1.10 bits per heavy atom. The van der Waals surface area contributed by atoms with Gasteiger partial charge < -0.3 is 24.0 Å². The second-order valence-corrected chi connectivity index (χ2v) is 10.5. The normalized spacial score (nSPS) is 14.6. The monoisotopic (exact) mass is 562 g/mol. The molecule has 1 aliphatic heterocycles. The van der Waals surface area contributed by atoms with E-state index >= 15 is 0 Å². The number of benzene rings is 1. The number of hydrogen-bond donors (Lipinski definition) is 2. The number of phosphoric acid groups is 1. The number of carbonyl (C=O) groups excluding carboxylic acids is 1. The van der Waals surface area contributed by atoms with Crippen LogP contribution in [0.3, 0.4) is 0 Å². The predicted octanol–water partition coefficient (Wildman–Crippen LogP) is 3.09. The molecular weight excluding hydrogens is 534 g/mol. The molecule has 208 valence electrons. The van der Waals surface area contributed by atoms with Gasteiger partial charge >= 0.3 is 7.82 Å². The zero-order valence-electron chi connectivity index (χ0n) is 22.0. The summed E-state index contributed by atoms with van der Waals surface area (Å²) in [5, 5.41) is 0. The van der Waals surface area contributed by atoms with E-state index in [0.29, 0.717) is 23.0 Å². The Morgan fingerprint density at radius 2 is 1.77 bits per heavy atom. The highest BCUT2D eigenvalue weighted by Gasteiger charge is 2.42. The highest BCUT2D eigenvalue weighted by atomic mass is 31.2. The van der Waals surface area contributed by atoms with Crippen LogP contribution in [0.1, 0.15) is 42.2 Å². The fraction of sp³-hybridized carbons (Fsp3) is 0.360. The predicted molar refractivity (Wildman–Crippen MR) is 136 cm³/mol. The van der Waals surface area contributed by atoms with Crippen LogP contribution in [0.5, 0.6) is 17.2 Å². The fourth-order valence-corrected chi connectivity index (χ4v) is 4.35. The van der Waals surface area contributed by atoms with Crippen LogP contribution in [0, 0.1) is 12.7 Å². The number of anilines is 1. The largest absolute Gasteiger partial charge is 0.496 e. The van der Waals surface area contributed by atoms with E-state index in [2.05, 4.69) is 19.5 Å². The summed E-state index contributed by atoms with van der Waals surface area (Å²) in [4.78, 5) is 45.0. The van der Waals surface area contributed by atoms with Crippen molar-refractivity contribution in [2.45, 2.75) is 39.2 Å². The number of hydrogen-bond acceptors (Lipinski definition) is 9. The van der Waals surface area contributed by atoms with Gasteiger partial charge in [0.15, 0.2) is 23.0 Å². The molecule has 0 spiro atoms. The van der Waals surface area contributed by atoms with Gasteiger partial charge in [0.1, 0.15) is 24.1 Å². The van der Waals surface area contributed by atoms with E-state index in [0.717, 1.165) is 22.2 Å². The summed E-state index contributed by atoms with van der Waals surface area (Å²) in [5.41, 5.74) is 0.712. The quantitative estimate of drug-likeness (QED) is 0.370. The Hall–Kier alpha value is -3.64. The molecule has 14 heteroatoms. The number of amides is 1. The van der Waals surface area contributed by atoms with Crippen molar-refractivity contribution in [3.8, 4) is 17.2 Å². The first-order valence-corrected chi connectivity index (χ1v) is 13.3. The van der Waals surface area contributed by atoms with Crippen LogP contribution in [0.4, 0.5) is 10.2 Å². The van der Waals surface area contributed by atoms with Gasteiger partial charge in [0.2, 0.25) is 0 Å². The summed E-state index contributed by atoms with van der Waals surface area (Å²) >= 11 is 0. The van der Waals surface area contributed by atoms with E-state index < -0.39 is 31.9 Å². The lowest BCUT2D eigenvalue weighted by Crippen LogP contribution is -2.53. The molecule has 1 amide bonds. The minimum Gasteiger partial charge on any atom is -0.496 e. The zero-order chi connectivity index (χ0) is 28.5. The Bertz CT molecular complexity index is 1440. The Morgan fingerprint density at radius 3 is 2.38 bits per heavy atom. The van der Waals surface area contributed by atoms with Crippen LogP contribution < -0.4 is 19.1 Å². The lowest BCUT2D eigenvalue weighted by atomic mass is 10.1. The maximum absolute atomic E-state index is 14.7. The van der Waals surface area contributed by atoms with Gasteiger partial charge in [-0.2, -0.15) is 0 Å². The number of aromatic nitrogens is 3. The Balaban J connectivity index is 1.62. The summed E-state index contributed by atoms with van der Waals surface area (Å²) in [7, 11) is -1.76. The van der Waals surface area contributed by atoms with Crippen LogP contribution in [-0.4, -0.2) is 57.2 Å². The average Bonchev–Trinajstić information content (AvgIpc) is 2.86. The zero-order valence-corrected chi connectivity index (χ0v) is 22.9. The lowest BCUT2D eigenvalue weighted by molar-refractivity contribution is -0.133. The average molecular weight is 562 g/mol. The summed E-state index contributed by atoms with van der Waals surface area (Å²) in [6.45, 7) is 4.13. The van der Waals surface area contributed by atoms with Crippen LogP contribution in [0.2, 0.25) is 0 Å². The van der Waals surface area contributed by atoms with Crippen LogP contribution in [0.25, 0.3) is 0 Å². The molecule has 0 fully saturated rings. The standard InChI is InChI=1S/C25H28FN4O8P/c1-14-20(35-4)8-15(9-21(14)36-5)10-22-27-12-17(26)18(29-22)11-16-6-7-19-23(28-16)30(13-37-39(32,33)34)24(31)25(2,3)38-19/h6-9,12H,10-11,13H2,1-5H3,(H2,32,33,34). The first-order valence-electron chi connectivity index (χ1n) is 11.7. The minimum atomic E-state index is -4.88. The molecular formula is C25H28FN4O8P. The summed E-state index contributed by atoms with van der Waals surface area (Å²) in [6, 6.07) is 6.80. The summed E-state index contributed by atoms with van der Waals surface area (Å²) < 4.78 is 47.1. The van der Waals surface area contributed by atoms with Crippen LogP contribution in [0.15, 0.2) is 30.5 Å². The van der Waals surface area contributed by atoms with Crippen molar-refractivity contribution in [1.82, 2.24) is 15.0 Å². The van der Waals surface area contributed by atoms with Gasteiger partial charge in [-0.1, -0.05) is 0 Å². The van der Waals surface area contributed by atoms with Crippen molar-refractivity contribution in [2.24, 2.45) is 0 Å². The molecule has 12 nitrogen and oxygen atoms in total. The van der Waals surface area contributed by atoms with Gasteiger partial charge in [-0.25, -0.2) is 23.9 Å². The van der Waals surface area contributed by atoms with Gasteiger partial charge in [0, 0.05) is 24.1 Å². The topological polar surface area (TPSA) is 153 Å². The van der Waals surface area contributed by atoms with Crippen molar-refractivity contribution in [1.29, 1.82) is 0 Å². The number of fused-ring (bicyclic) bond motifs is 1. The Kier molecular flexibility index (Phi) is 7.89. The Labute approximate surface area is 224 Å². The number of carbonyl (C=O) groups is 1. The van der Waals surface area contributed by atoms with Gasteiger partial charge in [-0.3, -0.25) is 14.2 Å². The van der Waals surface area contributed by atoms with Crippen molar-refractivity contribution < 1.29 is 42.3 Å². The van der Waals surface area contributed by atoms with Crippen molar-refractivity contribution in [3.05, 3.63) is 64.6 Å². The highest BCUT2D eigenvalue weighted by molar-refractivity contribution is 7.46. The molecule has 39 heavy (non-hydrogen) atoms. The number of ether oxygens (including phenoxy) is 3. The summed E-state index contributed by atoms with van der Waals surface area (Å²) in [5.74, 6) is 0.547. The number of rotatable bonds is 9. The van der Waals surface area contributed by atoms with Crippen molar-refractivity contribution >= 4 is 19.5 Å². The second-order valence-electron chi connectivity index (χ2n) is 9.28. The van der Waals surface area contributed by atoms with Crippen LogP contribution >= 0.6 is 7.82 Å². The summed E-state index contributed by atoms with van der Waals surface area (Å²) in [6.07, 6.45) is 1.30. The van der Waals surface area contributed by atoms with Crippen molar-refractivity contribution in [3.63, 3.8) is 0 Å².